The van der Waals surface area contributed by atoms with E-state index in [1.807, 2.05) is 28.2 Å². The Morgan fingerprint density at radius 1 is 1.33 bits per heavy atom. The van der Waals surface area contributed by atoms with Crippen LogP contribution in [0.25, 0.3) is 16.2 Å². The molecule has 0 amide bonds. The maximum Gasteiger partial charge on any atom is 0.180 e. The topological polar surface area (TPSA) is 56.2 Å². The summed E-state index contributed by atoms with van der Waals surface area (Å²) in [4.78, 5) is 9.43. The molecule has 0 bridgehead atoms. The molecular weight excluding hydrogens is 208 g/mol. The minimum Gasteiger partial charge on any atom is -0.381 e. The molecule has 15 heavy (non-hydrogen) atoms. The van der Waals surface area contributed by atoms with E-state index >= 15 is 0 Å². The normalized spacial score (nSPS) is 10.9. The molecule has 3 aromatic heterocycles. The van der Waals surface area contributed by atoms with Crippen LogP contribution < -0.4 is 5.73 Å². The predicted molar refractivity (Wildman–Crippen MR) is 60.7 cm³/mol. The Kier molecular flexibility index (Phi) is 1.72. The molecule has 0 aliphatic rings. The van der Waals surface area contributed by atoms with Crippen LogP contribution in [-0.4, -0.2) is 14.4 Å². The van der Waals surface area contributed by atoms with Gasteiger partial charge in [-0.3, -0.25) is 4.40 Å². The van der Waals surface area contributed by atoms with Crippen molar-refractivity contribution in [2.75, 3.05) is 5.73 Å². The molecule has 0 atom stereocenters. The first-order chi connectivity index (χ1) is 7.36. The highest BCUT2D eigenvalue weighted by atomic mass is 32.1. The van der Waals surface area contributed by atoms with Crippen LogP contribution in [0, 0.1) is 0 Å². The molecule has 0 aliphatic carbocycles. The van der Waals surface area contributed by atoms with E-state index in [0.717, 1.165) is 5.69 Å². The Morgan fingerprint density at radius 2 is 2.27 bits per heavy atom. The van der Waals surface area contributed by atoms with Gasteiger partial charge in [0.1, 0.15) is 0 Å². The molecule has 4 nitrogen and oxygen atoms in total. The Bertz CT molecular complexity index is 597. The van der Waals surface area contributed by atoms with Crippen LogP contribution in [-0.2, 0) is 0 Å². The van der Waals surface area contributed by atoms with Crippen molar-refractivity contribution in [3.8, 4) is 10.6 Å². The molecule has 3 aromatic rings. The minimum atomic E-state index is 0.459. The fourth-order valence-corrected chi connectivity index (χ4v) is 2.28. The number of thiophene rings is 1. The monoisotopic (exact) mass is 216 g/mol. The number of rotatable bonds is 1. The second-order valence-corrected chi connectivity index (χ2v) is 4.07. The van der Waals surface area contributed by atoms with Gasteiger partial charge in [-0.25, -0.2) is 9.97 Å². The molecule has 0 unspecified atom stereocenters. The van der Waals surface area contributed by atoms with Gasteiger partial charge in [-0.2, -0.15) is 0 Å². The van der Waals surface area contributed by atoms with Crippen molar-refractivity contribution in [1.82, 2.24) is 14.4 Å². The number of fused-ring (bicyclic) bond motifs is 1. The maximum absolute atomic E-state index is 5.73. The van der Waals surface area contributed by atoms with E-state index in [0.29, 0.717) is 11.5 Å². The second-order valence-electron chi connectivity index (χ2n) is 3.13. The Morgan fingerprint density at radius 3 is 3.07 bits per heavy atom. The van der Waals surface area contributed by atoms with E-state index in [1.165, 1.54) is 4.88 Å². The Labute approximate surface area is 90.0 Å². The lowest BCUT2D eigenvalue weighted by atomic mass is 10.4. The molecule has 3 heterocycles. The van der Waals surface area contributed by atoms with Gasteiger partial charge < -0.3 is 5.73 Å². The molecule has 74 valence electrons. The van der Waals surface area contributed by atoms with E-state index < -0.39 is 0 Å². The molecule has 2 N–H and O–H groups in total. The number of nitrogen functional groups attached to an aromatic ring is 1. The molecule has 5 heteroatoms. The van der Waals surface area contributed by atoms with Crippen molar-refractivity contribution < 1.29 is 0 Å². The fourth-order valence-electron chi connectivity index (χ4n) is 1.55. The summed E-state index contributed by atoms with van der Waals surface area (Å²) in [5, 5.41) is 2.04. The molecule has 0 spiro atoms. The number of hydrogen-bond donors (Lipinski definition) is 1. The number of hydrogen-bond acceptors (Lipinski definition) is 4. The quantitative estimate of drug-likeness (QED) is 0.677. The third-order valence-electron chi connectivity index (χ3n) is 2.23. The molecule has 3 rings (SSSR count). The minimum absolute atomic E-state index is 0.459. The Balaban J connectivity index is 2.34. The number of nitrogens with two attached hydrogens (primary N) is 1. The summed E-state index contributed by atoms with van der Waals surface area (Å²) < 4.78 is 1.95. The van der Waals surface area contributed by atoms with Gasteiger partial charge in [0, 0.05) is 12.4 Å². The first kappa shape index (κ1) is 8.43. The number of aromatic nitrogens is 3. The lowest BCUT2D eigenvalue weighted by molar-refractivity contribution is 1.14. The number of imidazole rings is 1. The van der Waals surface area contributed by atoms with Crippen LogP contribution in [0.3, 0.4) is 0 Å². The molecule has 0 aliphatic heterocycles. The van der Waals surface area contributed by atoms with Crippen molar-refractivity contribution >= 4 is 22.8 Å². The standard InChI is InChI=1S/C10H8N4S/c11-9-10-13-6-7(8-2-1-5-15-8)14(10)4-3-12-9/h1-6H,(H2,11,12). The zero-order valence-corrected chi connectivity index (χ0v) is 8.61. The smallest absolute Gasteiger partial charge is 0.180 e. The van der Waals surface area contributed by atoms with Gasteiger partial charge in [0.25, 0.3) is 0 Å². The highest BCUT2D eigenvalue weighted by molar-refractivity contribution is 7.13. The lowest BCUT2D eigenvalue weighted by Gasteiger charge is -1.99. The SMILES string of the molecule is Nc1nccn2c(-c3cccs3)cnc12. The fraction of sp³-hybridized carbons (Fsp3) is 0. The van der Waals surface area contributed by atoms with Crippen LogP contribution in [0.4, 0.5) is 5.82 Å². The number of anilines is 1. The van der Waals surface area contributed by atoms with Crippen LogP contribution >= 0.6 is 11.3 Å². The highest BCUT2D eigenvalue weighted by Gasteiger charge is 2.08. The van der Waals surface area contributed by atoms with E-state index in [-0.39, 0.29) is 0 Å². The van der Waals surface area contributed by atoms with Crippen LogP contribution in [0.5, 0.6) is 0 Å². The summed E-state index contributed by atoms with van der Waals surface area (Å²) >= 11 is 1.68. The summed E-state index contributed by atoms with van der Waals surface area (Å²) in [6, 6.07) is 4.08. The van der Waals surface area contributed by atoms with Crippen molar-refractivity contribution in [2.45, 2.75) is 0 Å². The average molecular weight is 216 g/mol. The first-order valence-corrected chi connectivity index (χ1v) is 5.35. The number of nitrogens with zero attached hydrogens (tertiary/aromatic N) is 3. The van der Waals surface area contributed by atoms with E-state index in [9.17, 15) is 0 Å². The van der Waals surface area contributed by atoms with Crippen LogP contribution in [0.15, 0.2) is 36.1 Å². The van der Waals surface area contributed by atoms with Gasteiger partial charge >= 0.3 is 0 Å². The van der Waals surface area contributed by atoms with Gasteiger partial charge in [0.05, 0.1) is 16.8 Å². The first-order valence-electron chi connectivity index (χ1n) is 4.47. The van der Waals surface area contributed by atoms with Crippen LogP contribution in [0.1, 0.15) is 0 Å². The van der Waals surface area contributed by atoms with E-state index in [2.05, 4.69) is 16.0 Å². The molecule has 0 saturated carbocycles. The second kappa shape index (κ2) is 3.06. The zero-order valence-electron chi connectivity index (χ0n) is 7.79. The molecule has 0 aromatic carbocycles. The van der Waals surface area contributed by atoms with Crippen molar-refractivity contribution in [2.24, 2.45) is 0 Å². The van der Waals surface area contributed by atoms with Gasteiger partial charge in [-0.15, -0.1) is 11.3 Å². The third kappa shape index (κ3) is 1.20. The van der Waals surface area contributed by atoms with Crippen molar-refractivity contribution in [1.29, 1.82) is 0 Å². The van der Waals surface area contributed by atoms with Gasteiger partial charge in [-0.05, 0) is 11.4 Å². The van der Waals surface area contributed by atoms with E-state index in [4.69, 9.17) is 5.73 Å². The third-order valence-corrected chi connectivity index (χ3v) is 3.12. The molecule has 0 saturated heterocycles. The van der Waals surface area contributed by atoms with Gasteiger partial charge in [0.15, 0.2) is 11.5 Å². The predicted octanol–water partition coefficient (Wildman–Crippen LogP) is 2.04. The van der Waals surface area contributed by atoms with Crippen molar-refractivity contribution in [3.63, 3.8) is 0 Å². The van der Waals surface area contributed by atoms with Crippen LogP contribution in [0.2, 0.25) is 0 Å². The summed E-state index contributed by atoms with van der Waals surface area (Å²) in [6.07, 6.45) is 5.37. The van der Waals surface area contributed by atoms with E-state index in [1.54, 1.807) is 17.5 Å². The Hall–Kier alpha value is -1.88. The molecule has 0 fully saturated rings. The maximum atomic E-state index is 5.73. The summed E-state index contributed by atoms with van der Waals surface area (Å²) in [5.74, 6) is 0.459. The van der Waals surface area contributed by atoms with Gasteiger partial charge in [-0.1, -0.05) is 6.07 Å². The van der Waals surface area contributed by atoms with Crippen molar-refractivity contribution in [3.05, 3.63) is 36.1 Å². The average Bonchev–Trinajstić information content (AvgIpc) is 2.85. The summed E-state index contributed by atoms with van der Waals surface area (Å²) in [5.41, 5.74) is 7.49. The molecule has 0 radical (unpaired) electrons. The summed E-state index contributed by atoms with van der Waals surface area (Å²) in [6.45, 7) is 0. The largest absolute Gasteiger partial charge is 0.381 e. The lowest BCUT2D eigenvalue weighted by Crippen LogP contribution is -1.95. The zero-order chi connectivity index (χ0) is 10.3. The summed E-state index contributed by atoms with van der Waals surface area (Å²) in [7, 11) is 0. The molecular formula is C10H8N4S. The highest BCUT2D eigenvalue weighted by Crippen LogP contribution is 2.26. The van der Waals surface area contributed by atoms with Gasteiger partial charge in [0.2, 0.25) is 0 Å².